The molecule has 0 spiro atoms. The van der Waals surface area contributed by atoms with E-state index in [1.165, 1.54) is 6.55 Å². The quantitative estimate of drug-likeness (QED) is 0.331. The first-order chi connectivity index (χ1) is 6.59. The fourth-order valence-corrected chi connectivity index (χ4v) is 1.12. The Bertz CT molecular complexity index is 266. The van der Waals surface area contributed by atoms with Gasteiger partial charge in [-0.05, 0) is 6.55 Å². The number of ketones is 1. The van der Waals surface area contributed by atoms with E-state index in [-0.39, 0.29) is 0 Å². The van der Waals surface area contributed by atoms with Crippen LogP contribution in [0.25, 0.3) is 0 Å². The summed E-state index contributed by atoms with van der Waals surface area (Å²) in [6, 6.07) is 0. The molecule has 0 aliphatic heterocycles. The highest BCUT2D eigenvalue weighted by molar-refractivity contribution is 6.25. The summed E-state index contributed by atoms with van der Waals surface area (Å²) in [4.78, 5) is 10.2. The number of rotatable bonds is 3. The summed E-state index contributed by atoms with van der Waals surface area (Å²) in [7, 11) is -1.61. The number of hydrogen-bond donors (Lipinski definition) is 0. The predicted octanol–water partition coefficient (Wildman–Crippen LogP) is 1.71. The molecule has 15 heavy (non-hydrogen) atoms. The SMILES string of the molecule is C[SiH2]OC(=CC(=O)C(F)(F)F)C(F)(F)F. The van der Waals surface area contributed by atoms with Gasteiger partial charge in [0.15, 0.2) is 5.76 Å². The van der Waals surface area contributed by atoms with Gasteiger partial charge in [0.25, 0.3) is 5.78 Å². The van der Waals surface area contributed by atoms with Gasteiger partial charge >= 0.3 is 12.4 Å². The highest BCUT2D eigenvalue weighted by atomic mass is 28.2. The minimum absolute atomic E-state index is 0.573. The van der Waals surface area contributed by atoms with Crippen molar-refractivity contribution >= 4 is 15.5 Å². The van der Waals surface area contributed by atoms with E-state index in [9.17, 15) is 31.1 Å². The predicted molar refractivity (Wildman–Crippen MR) is 40.7 cm³/mol. The van der Waals surface area contributed by atoms with Crippen molar-refractivity contribution in [1.82, 2.24) is 0 Å². The van der Waals surface area contributed by atoms with Gasteiger partial charge in [0.2, 0.25) is 9.76 Å². The van der Waals surface area contributed by atoms with Gasteiger partial charge in [0.05, 0.1) is 0 Å². The van der Waals surface area contributed by atoms with Crippen LogP contribution < -0.4 is 0 Å². The van der Waals surface area contributed by atoms with Gasteiger partial charge in [-0.3, -0.25) is 4.79 Å². The first kappa shape index (κ1) is 14.0. The van der Waals surface area contributed by atoms with Gasteiger partial charge in [-0.1, -0.05) is 0 Å². The Labute approximate surface area is 82.8 Å². The maximum atomic E-state index is 12.0. The van der Waals surface area contributed by atoms with E-state index >= 15 is 0 Å². The number of carbonyl (C=O) groups is 1. The molecular formula is C6H6F6O2Si. The van der Waals surface area contributed by atoms with Crippen LogP contribution in [0.2, 0.25) is 6.55 Å². The molecule has 0 aromatic heterocycles. The summed E-state index contributed by atoms with van der Waals surface area (Å²) in [5, 5.41) is 0. The molecule has 0 amide bonds. The molecule has 0 saturated carbocycles. The zero-order valence-corrected chi connectivity index (χ0v) is 8.78. The summed E-state index contributed by atoms with van der Waals surface area (Å²) in [6.45, 7) is 1.29. The molecule has 0 radical (unpaired) electrons. The normalized spacial score (nSPS) is 14.7. The number of halogens is 6. The van der Waals surface area contributed by atoms with E-state index in [0.717, 1.165) is 0 Å². The lowest BCUT2D eigenvalue weighted by molar-refractivity contribution is -0.166. The highest BCUT2D eigenvalue weighted by Crippen LogP contribution is 2.28. The zero-order chi connectivity index (χ0) is 12.3. The van der Waals surface area contributed by atoms with Crippen molar-refractivity contribution in [3.63, 3.8) is 0 Å². The molecule has 9 heteroatoms. The summed E-state index contributed by atoms with van der Waals surface area (Å²) in [6.07, 6.45) is -11.0. The Morgan fingerprint density at radius 3 is 1.87 bits per heavy atom. The maximum absolute atomic E-state index is 12.0. The van der Waals surface area contributed by atoms with Crippen molar-refractivity contribution < 1.29 is 35.6 Å². The molecule has 0 rings (SSSR count). The van der Waals surface area contributed by atoms with Crippen LogP contribution in [-0.4, -0.2) is 27.9 Å². The van der Waals surface area contributed by atoms with Crippen molar-refractivity contribution in [2.75, 3.05) is 0 Å². The van der Waals surface area contributed by atoms with E-state index in [2.05, 4.69) is 4.43 Å². The Kier molecular flexibility index (Phi) is 4.37. The topological polar surface area (TPSA) is 26.3 Å². The number of alkyl halides is 6. The molecule has 0 aromatic carbocycles. The van der Waals surface area contributed by atoms with Crippen LogP contribution in [0.15, 0.2) is 11.8 Å². The lowest BCUT2D eigenvalue weighted by Gasteiger charge is -2.12. The van der Waals surface area contributed by atoms with Crippen LogP contribution in [0.1, 0.15) is 0 Å². The number of carbonyl (C=O) groups excluding carboxylic acids is 1. The fraction of sp³-hybridized carbons (Fsp3) is 0.500. The minimum atomic E-state index is -5.32. The average Bonchev–Trinajstić information content (AvgIpc) is 1.99. The van der Waals surface area contributed by atoms with Gasteiger partial charge in [-0.2, -0.15) is 26.3 Å². The van der Waals surface area contributed by atoms with Crippen LogP contribution in [0.5, 0.6) is 0 Å². The third-order valence-corrected chi connectivity index (χ3v) is 1.72. The second-order valence-corrected chi connectivity index (χ2v) is 3.17. The van der Waals surface area contributed by atoms with E-state index in [0.29, 0.717) is 0 Å². The first-order valence-corrected chi connectivity index (χ1v) is 5.61. The first-order valence-electron chi connectivity index (χ1n) is 3.62. The lowest BCUT2D eigenvalue weighted by atomic mass is 10.3. The Hall–Kier alpha value is -0.993. The molecule has 0 aromatic rings. The summed E-state index contributed by atoms with van der Waals surface area (Å²) >= 11 is 0. The van der Waals surface area contributed by atoms with Crippen LogP contribution in [0, 0.1) is 0 Å². The monoisotopic (exact) mass is 252 g/mol. The molecule has 0 N–H and O–H groups in total. The van der Waals surface area contributed by atoms with Crippen LogP contribution >= 0.6 is 0 Å². The van der Waals surface area contributed by atoms with Crippen LogP contribution in [0.3, 0.4) is 0 Å². The van der Waals surface area contributed by atoms with Crippen molar-refractivity contribution in [3.05, 3.63) is 11.8 Å². The molecule has 0 saturated heterocycles. The molecule has 0 aliphatic rings. The van der Waals surface area contributed by atoms with Gasteiger partial charge in [0.1, 0.15) is 0 Å². The van der Waals surface area contributed by atoms with Crippen LogP contribution in [0.4, 0.5) is 26.3 Å². The Balaban J connectivity index is 4.94. The molecule has 0 fully saturated rings. The second kappa shape index (κ2) is 4.68. The maximum Gasteiger partial charge on any atom is 0.454 e. The average molecular weight is 252 g/mol. The molecular weight excluding hydrogens is 246 g/mol. The standard InChI is InChI=1S/C6H6F6O2Si/c1-15-14-4(6(10,11)12)2-3(13)5(7,8)9/h2H,15H2,1H3. The van der Waals surface area contributed by atoms with E-state index in [1.807, 2.05) is 0 Å². The van der Waals surface area contributed by atoms with E-state index in [1.54, 1.807) is 0 Å². The van der Waals surface area contributed by atoms with Crippen molar-refractivity contribution in [2.24, 2.45) is 0 Å². The molecule has 2 nitrogen and oxygen atoms in total. The van der Waals surface area contributed by atoms with Gasteiger partial charge in [-0.25, -0.2) is 0 Å². The van der Waals surface area contributed by atoms with Crippen LogP contribution in [-0.2, 0) is 9.22 Å². The molecule has 88 valence electrons. The van der Waals surface area contributed by atoms with Crippen molar-refractivity contribution in [2.45, 2.75) is 18.9 Å². The Morgan fingerprint density at radius 2 is 1.60 bits per heavy atom. The summed E-state index contributed by atoms with van der Waals surface area (Å²) in [5.41, 5.74) is 0. The Morgan fingerprint density at radius 1 is 1.13 bits per heavy atom. The second-order valence-electron chi connectivity index (χ2n) is 2.30. The van der Waals surface area contributed by atoms with Gasteiger partial charge in [-0.15, -0.1) is 0 Å². The van der Waals surface area contributed by atoms with Gasteiger partial charge < -0.3 is 4.43 Å². The highest BCUT2D eigenvalue weighted by Gasteiger charge is 2.42. The smallest absolute Gasteiger partial charge is 0.454 e. The van der Waals surface area contributed by atoms with E-state index < -0.39 is 39.7 Å². The summed E-state index contributed by atoms with van der Waals surface area (Å²) < 4.78 is 74.8. The third-order valence-electron chi connectivity index (χ3n) is 1.12. The number of allylic oxidation sites excluding steroid dienone is 2. The minimum Gasteiger partial charge on any atom is -0.546 e. The fourth-order valence-electron chi connectivity index (χ4n) is 0.562. The summed E-state index contributed by atoms with van der Waals surface area (Å²) in [5.74, 6) is -4.48. The third kappa shape index (κ3) is 4.86. The van der Waals surface area contributed by atoms with Crippen molar-refractivity contribution in [3.8, 4) is 0 Å². The molecule has 0 bridgehead atoms. The van der Waals surface area contributed by atoms with Crippen molar-refractivity contribution in [1.29, 1.82) is 0 Å². The van der Waals surface area contributed by atoms with Gasteiger partial charge in [0, 0.05) is 6.08 Å². The van der Waals surface area contributed by atoms with E-state index in [4.69, 9.17) is 0 Å². The zero-order valence-electron chi connectivity index (χ0n) is 7.37. The largest absolute Gasteiger partial charge is 0.546 e. The molecule has 0 unspecified atom stereocenters. The lowest BCUT2D eigenvalue weighted by Crippen LogP contribution is -2.24. The number of hydrogen-bond acceptors (Lipinski definition) is 2. The molecule has 0 heterocycles. The molecule has 0 atom stereocenters. The molecule has 0 aliphatic carbocycles.